The summed E-state index contributed by atoms with van der Waals surface area (Å²) in [5.41, 5.74) is 8.45. The zero-order valence-electron chi connectivity index (χ0n) is 13.7. The molecule has 134 valence electrons. The summed E-state index contributed by atoms with van der Waals surface area (Å²) in [5, 5.41) is 16.0. The molecule has 0 spiro atoms. The van der Waals surface area contributed by atoms with Gasteiger partial charge in [-0.25, -0.2) is 9.59 Å². The molecule has 0 radical (unpaired) electrons. The Morgan fingerprint density at radius 3 is 2.12 bits per heavy atom. The maximum absolute atomic E-state index is 9.10. The highest BCUT2D eigenvalue weighted by Gasteiger charge is 2.14. The molecule has 0 aliphatic heterocycles. The van der Waals surface area contributed by atoms with E-state index in [1.807, 2.05) is 23.9 Å². The quantitative estimate of drug-likeness (QED) is 0.534. The van der Waals surface area contributed by atoms with Crippen molar-refractivity contribution in [2.24, 2.45) is 5.73 Å². The number of carbonyl (C=O) groups is 2. The Labute approximate surface area is 155 Å². The minimum absolute atomic E-state index is 0.396. The van der Waals surface area contributed by atoms with Gasteiger partial charge in [-0.1, -0.05) is 35.9 Å². The van der Waals surface area contributed by atoms with Gasteiger partial charge in [0, 0.05) is 15.2 Å². The lowest BCUT2D eigenvalue weighted by atomic mass is 10.0. The second kappa shape index (κ2) is 10.8. The molecule has 2 rings (SSSR count). The van der Waals surface area contributed by atoms with Crippen LogP contribution >= 0.6 is 23.4 Å². The third-order valence-corrected chi connectivity index (χ3v) is 4.81. The Morgan fingerprint density at radius 2 is 1.64 bits per heavy atom. The summed E-state index contributed by atoms with van der Waals surface area (Å²) in [6.45, 7) is 2.85. The van der Waals surface area contributed by atoms with E-state index in [1.54, 1.807) is 0 Å². The summed E-state index contributed by atoms with van der Waals surface area (Å²) in [6, 6.07) is 16.5. The van der Waals surface area contributed by atoms with E-state index in [9.17, 15) is 0 Å². The molecule has 1 atom stereocenters. The van der Waals surface area contributed by atoms with E-state index in [1.165, 1.54) is 16.0 Å². The lowest BCUT2D eigenvalue weighted by molar-refractivity contribution is -0.159. The molecule has 0 aliphatic carbocycles. The first-order valence-corrected chi connectivity index (χ1v) is 8.75. The lowest BCUT2D eigenvalue weighted by Crippen LogP contribution is -2.09. The van der Waals surface area contributed by atoms with Crippen molar-refractivity contribution < 1.29 is 19.8 Å². The Kier molecular flexibility index (Phi) is 9.05. The molecule has 0 saturated carbocycles. The van der Waals surface area contributed by atoms with Gasteiger partial charge in [-0.3, -0.25) is 0 Å². The monoisotopic (exact) mass is 381 g/mol. The highest BCUT2D eigenvalue weighted by Crippen LogP contribution is 2.38. The average molecular weight is 382 g/mol. The second-order valence-corrected chi connectivity index (χ2v) is 6.82. The first-order valence-electron chi connectivity index (χ1n) is 7.49. The van der Waals surface area contributed by atoms with E-state index in [0.29, 0.717) is 11.8 Å². The Balaban J connectivity index is 0.000000450. The molecule has 5 nitrogen and oxygen atoms in total. The summed E-state index contributed by atoms with van der Waals surface area (Å²) >= 11 is 7.77. The molecule has 0 amide bonds. The number of hydrogen-bond acceptors (Lipinski definition) is 4. The smallest absolute Gasteiger partial charge is 0.414 e. The van der Waals surface area contributed by atoms with Gasteiger partial charge in [0.1, 0.15) is 0 Å². The highest BCUT2D eigenvalue weighted by atomic mass is 35.5. The van der Waals surface area contributed by atoms with E-state index in [4.69, 9.17) is 37.1 Å². The zero-order chi connectivity index (χ0) is 18.8. The van der Waals surface area contributed by atoms with Gasteiger partial charge in [0.2, 0.25) is 0 Å². The number of nitrogens with two attached hydrogens (primary N) is 1. The maximum Gasteiger partial charge on any atom is 0.414 e. The van der Waals surface area contributed by atoms with Gasteiger partial charge in [-0.15, -0.1) is 11.8 Å². The third-order valence-electron chi connectivity index (χ3n) is 3.24. The number of carboxylic acids is 2. The van der Waals surface area contributed by atoms with Gasteiger partial charge < -0.3 is 15.9 Å². The van der Waals surface area contributed by atoms with Gasteiger partial charge in [0.15, 0.2) is 0 Å². The van der Waals surface area contributed by atoms with Crippen LogP contribution in [0.1, 0.15) is 22.8 Å². The van der Waals surface area contributed by atoms with Crippen LogP contribution in [0.4, 0.5) is 0 Å². The van der Waals surface area contributed by atoms with Crippen molar-refractivity contribution in [3.63, 3.8) is 0 Å². The van der Waals surface area contributed by atoms with Crippen molar-refractivity contribution in [1.82, 2.24) is 0 Å². The number of thioether (sulfide) groups is 1. The highest BCUT2D eigenvalue weighted by molar-refractivity contribution is 7.99. The van der Waals surface area contributed by atoms with Crippen LogP contribution in [-0.2, 0) is 9.59 Å². The fourth-order valence-corrected chi connectivity index (χ4v) is 3.45. The first kappa shape index (κ1) is 21.0. The van der Waals surface area contributed by atoms with Crippen LogP contribution in [0.5, 0.6) is 0 Å². The normalized spacial score (nSPS) is 11.2. The number of rotatable bonds is 5. The molecule has 0 bridgehead atoms. The fourth-order valence-electron chi connectivity index (χ4n) is 2.05. The van der Waals surface area contributed by atoms with Crippen molar-refractivity contribution in [2.75, 3.05) is 6.54 Å². The molecule has 0 saturated heterocycles. The summed E-state index contributed by atoms with van der Waals surface area (Å²) in [4.78, 5) is 19.4. The summed E-state index contributed by atoms with van der Waals surface area (Å²) < 4.78 is 0. The SMILES string of the molecule is Cc1ccccc1C(CCN)Sc1ccc(Cl)cc1.O=C(O)C(=O)O. The largest absolute Gasteiger partial charge is 0.473 e. The lowest BCUT2D eigenvalue weighted by Gasteiger charge is -2.18. The number of aliphatic carboxylic acids is 2. The summed E-state index contributed by atoms with van der Waals surface area (Å²) in [6.07, 6.45) is 0.970. The second-order valence-electron chi connectivity index (χ2n) is 5.10. The minimum atomic E-state index is -1.82. The van der Waals surface area contributed by atoms with E-state index in [-0.39, 0.29) is 0 Å². The topological polar surface area (TPSA) is 101 Å². The van der Waals surface area contributed by atoms with Gasteiger partial charge in [-0.05, 0) is 55.3 Å². The molecular weight excluding hydrogens is 362 g/mol. The number of benzene rings is 2. The number of hydrogen-bond donors (Lipinski definition) is 3. The Morgan fingerprint density at radius 1 is 1.08 bits per heavy atom. The van der Waals surface area contributed by atoms with Crippen LogP contribution in [0, 0.1) is 6.92 Å². The van der Waals surface area contributed by atoms with Gasteiger partial charge >= 0.3 is 11.9 Å². The van der Waals surface area contributed by atoms with Crippen LogP contribution in [0.2, 0.25) is 5.02 Å². The Hall–Kier alpha value is -2.02. The van der Waals surface area contributed by atoms with Crippen molar-refractivity contribution in [3.05, 3.63) is 64.7 Å². The molecule has 7 heteroatoms. The maximum atomic E-state index is 9.10. The van der Waals surface area contributed by atoms with Crippen LogP contribution < -0.4 is 5.73 Å². The van der Waals surface area contributed by atoms with E-state index < -0.39 is 11.9 Å². The average Bonchev–Trinajstić information content (AvgIpc) is 2.57. The molecule has 0 heterocycles. The van der Waals surface area contributed by atoms with E-state index in [2.05, 4.69) is 43.3 Å². The number of halogens is 1. The fraction of sp³-hybridized carbons (Fsp3) is 0.222. The number of aryl methyl sites for hydroxylation is 1. The molecule has 2 aromatic rings. The molecule has 2 aromatic carbocycles. The molecule has 4 N–H and O–H groups in total. The van der Waals surface area contributed by atoms with E-state index >= 15 is 0 Å². The number of carboxylic acid groups (broad SMARTS) is 2. The van der Waals surface area contributed by atoms with Crippen LogP contribution in [0.15, 0.2) is 53.4 Å². The van der Waals surface area contributed by atoms with E-state index in [0.717, 1.165) is 11.4 Å². The minimum Gasteiger partial charge on any atom is -0.473 e. The van der Waals surface area contributed by atoms with Crippen LogP contribution in [-0.4, -0.2) is 28.7 Å². The van der Waals surface area contributed by atoms with Gasteiger partial charge in [0.05, 0.1) is 0 Å². The van der Waals surface area contributed by atoms with Crippen LogP contribution in [0.3, 0.4) is 0 Å². The molecule has 25 heavy (non-hydrogen) atoms. The molecule has 1 unspecified atom stereocenters. The van der Waals surface area contributed by atoms with Crippen molar-refractivity contribution in [2.45, 2.75) is 23.5 Å². The summed E-state index contributed by atoms with van der Waals surface area (Å²) in [5.74, 6) is -3.65. The predicted molar refractivity (Wildman–Crippen MR) is 100 cm³/mol. The van der Waals surface area contributed by atoms with Crippen molar-refractivity contribution in [3.8, 4) is 0 Å². The first-order chi connectivity index (χ1) is 11.8. The molecular formula is C18H20ClNO4S. The molecule has 0 fully saturated rings. The van der Waals surface area contributed by atoms with Crippen molar-refractivity contribution >= 4 is 35.3 Å². The van der Waals surface area contributed by atoms with Crippen molar-refractivity contribution in [1.29, 1.82) is 0 Å². The predicted octanol–water partition coefficient (Wildman–Crippen LogP) is 3.99. The Bertz CT molecular complexity index is 694. The zero-order valence-corrected chi connectivity index (χ0v) is 15.3. The van der Waals surface area contributed by atoms with Gasteiger partial charge in [0.25, 0.3) is 0 Å². The third kappa shape index (κ3) is 7.60. The molecule has 0 aliphatic rings. The summed E-state index contributed by atoms with van der Waals surface area (Å²) in [7, 11) is 0. The standard InChI is InChI=1S/C16H18ClNS.C2H2O4/c1-12-4-2-3-5-15(12)16(10-11-18)19-14-8-6-13(17)7-9-14;3-1(4)2(5)6/h2-9,16H,10-11,18H2,1H3;(H,3,4)(H,5,6). The van der Waals surface area contributed by atoms with Gasteiger partial charge in [-0.2, -0.15) is 0 Å². The molecule has 0 aromatic heterocycles. The van der Waals surface area contributed by atoms with Crippen LogP contribution in [0.25, 0.3) is 0 Å².